The van der Waals surface area contributed by atoms with Crippen LogP contribution in [-0.2, 0) is 19.9 Å². The molecule has 0 aliphatic carbocycles. The maximum atomic E-state index is 14.4. The predicted molar refractivity (Wildman–Crippen MR) is 123 cm³/mol. The fraction of sp³-hybridized carbons (Fsp3) is 0.391. The van der Waals surface area contributed by atoms with Gasteiger partial charge in [-0.05, 0) is 52.4 Å². The number of carbonyl (C=O) groups is 1. The first-order valence-corrected chi connectivity index (χ1v) is 12.3. The van der Waals surface area contributed by atoms with Gasteiger partial charge in [-0.25, -0.2) is 8.79 Å². The summed E-state index contributed by atoms with van der Waals surface area (Å²) in [5, 5.41) is 1.80. The monoisotopic (exact) mass is 586 g/mol. The summed E-state index contributed by atoms with van der Waals surface area (Å²) in [7, 11) is 0. The van der Waals surface area contributed by atoms with Crippen LogP contribution in [0.15, 0.2) is 34.7 Å². The molecule has 5 rings (SSSR count). The summed E-state index contributed by atoms with van der Waals surface area (Å²) in [6.45, 7) is 0.546. The molecular weight excluding hydrogens is 572 g/mol. The molecule has 3 aliphatic rings. The normalized spacial score (nSPS) is 24.7. The van der Waals surface area contributed by atoms with Crippen molar-refractivity contribution in [1.82, 2.24) is 5.32 Å². The van der Waals surface area contributed by atoms with Crippen LogP contribution in [0, 0.1) is 5.82 Å². The Morgan fingerprint density at radius 3 is 2.30 bits per heavy atom. The largest absolute Gasteiger partial charge is 0.409 e. The number of carbonyl (C=O) groups excluding carboxylic acids is 1. The first kappa shape index (κ1) is 26.7. The zero-order chi connectivity index (χ0) is 27.0. The summed E-state index contributed by atoms with van der Waals surface area (Å²) >= 11 is 11.7. The van der Waals surface area contributed by atoms with Crippen molar-refractivity contribution in [3.8, 4) is 0 Å². The van der Waals surface area contributed by atoms with Gasteiger partial charge in [0.15, 0.2) is 16.3 Å². The number of nitrogens with zero attached hydrogens (tertiary/aromatic N) is 1. The van der Waals surface area contributed by atoms with Crippen LogP contribution in [0.3, 0.4) is 0 Å². The molecule has 0 saturated carbocycles. The van der Waals surface area contributed by atoms with Crippen molar-refractivity contribution in [2.75, 3.05) is 13.1 Å². The van der Waals surface area contributed by atoms with Gasteiger partial charge in [-0.1, -0.05) is 35.3 Å². The number of rotatable bonds is 4. The van der Waals surface area contributed by atoms with E-state index in [0.29, 0.717) is 5.56 Å². The third kappa shape index (κ3) is 4.44. The third-order valence-electron chi connectivity index (χ3n) is 6.63. The van der Waals surface area contributed by atoms with Crippen LogP contribution >= 0.6 is 35.1 Å². The standard InChI is InChI=1S/C23H15Cl2F7N2O2S/c24-14-4-11(5-15(25)18(14)26)21(23(30,31)32)6-16(34-37-21)10-1-2-13-12(3-10)19(17(35)7-22(27,28)29)36-20(13)8-33-9-20/h1-5,19,33H,6-9H2/t19-,21-/m0/s1. The summed E-state index contributed by atoms with van der Waals surface area (Å²) in [5.74, 6) is -2.25. The highest BCUT2D eigenvalue weighted by molar-refractivity contribution is 7.99. The zero-order valence-electron chi connectivity index (χ0n) is 18.4. The maximum Gasteiger partial charge on any atom is 0.409 e. The number of benzene rings is 2. The maximum absolute atomic E-state index is 14.4. The number of hydrogen-bond acceptors (Lipinski definition) is 5. The van der Waals surface area contributed by atoms with E-state index >= 15 is 0 Å². The Morgan fingerprint density at radius 2 is 1.76 bits per heavy atom. The van der Waals surface area contributed by atoms with Crippen LogP contribution in [0.5, 0.6) is 0 Å². The highest BCUT2D eigenvalue weighted by Crippen LogP contribution is 2.57. The molecule has 198 valence electrons. The van der Waals surface area contributed by atoms with E-state index in [9.17, 15) is 35.5 Å². The van der Waals surface area contributed by atoms with Crippen molar-refractivity contribution in [3.05, 3.63) is 68.4 Å². The van der Waals surface area contributed by atoms with Crippen molar-refractivity contribution in [1.29, 1.82) is 0 Å². The van der Waals surface area contributed by atoms with E-state index in [1.807, 2.05) is 0 Å². The van der Waals surface area contributed by atoms with Crippen LogP contribution in [-0.4, -0.2) is 36.9 Å². The number of Topliss-reactive ketones (excluding diaryl/α,β-unsaturated/α-hetero) is 1. The molecule has 0 bridgehead atoms. The molecule has 4 nitrogen and oxygen atoms in total. The average Bonchev–Trinajstić information content (AvgIpc) is 3.36. The van der Waals surface area contributed by atoms with E-state index in [-0.39, 0.29) is 41.9 Å². The summed E-state index contributed by atoms with van der Waals surface area (Å²) in [6, 6.07) is 6.08. The van der Waals surface area contributed by atoms with Crippen molar-refractivity contribution >= 4 is 46.6 Å². The molecular formula is C23H15Cl2F7N2O2S. The Morgan fingerprint density at radius 1 is 1.11 bits per heavy atom. The Balaban J connectivity index is 1.52. The van der Waals surface area contributed by atoms with Gasteiger partial charge in [-0.3, -0.25) is 4.79 Å². The van der Waals surface area contributed by atoms with Gasteiger partial charge in [0.05, 0.1) is 15.8 Å². The smallest absolute Gasteiger partial charge is 0.352 e. The molecule has 14 heteroatoms. The first-order chi connectivity index (χ1) is 17.2. The average molecular weight is 587 g/mol. The number of ether oxygens (including phenoxy) is 1. The molecule has 0 radical (unpaired) electrons. The number of hydrogen-bond donors (Lipinski definition) is 1. The Kier molecular flexibility index (Phi) is 6.38. The minimum atomic E-state index is -4.86. The summed E-state index contributed by atoms with van der Waals surface area (Å²) < 4.78 is 103. The highest BCUT2D eigenvalue weighted by Gasteiger charge is 2.60. The second-order valence-electron chi connectivity index (χ2n) is 9.04. The number of halogens is 9. The Hall–Kier alpha value is -1.86. The lowest BCUT2D eigenvalue weighted by Crippen LogP contribution is -2.57. The molecule has 2 aromatic rings. The molecule has 3 aliphatic heterocycles. The molecule has 3 heterocycles. The van der Waals surface area contributed by atoms with E-state index in [1.165, 1.54) is 12.1 Å². The molecule has 1 saturated heterocycles. The van der Waals surface area contributed by atoms with Crippen LogP contribution < -0.4 is 5.32 Å². The van der Waals surface area contributed by atoms with E-state index in [0.717, 1.165) is 12.1 Å². The fourth-order valence-corrected chi connectivity index (χ4v) is 6.18. The summed E-state index contributed by atoms with van der Waals surface area (Å²) in [6.07, 6.45) is -13.5. The van der Waals surface area contributed by atoms with Gasteiger partial charge >= 0.3 is 12.4 Å². The predicted octanol–water partition coefficient (Wildman–Crippen LogP) is 6.82. The summed E-state index contributed by atoms with van der Waals surface area (Å²) in [5.41, 5.74) is -0.545. The van der Waals surface area contributed by atoms with Crippen LogP contribution in [0.25, 0.3) is 0 Å². The van der Waals surface area contributed by atoms with Gasteiger partial charge in [0.25, 0.3) is 0 Å². The Bertz CT molecular complexity index is 1300. The molecule has 1 spiro atoms. The van der Waals surface area contributed by atoms with Crippen LogP contribution in [0.4, 0.5) is 30.7 Å². The molecule has 1 N–H and O–H groups in total. The van der Waals surface area contributed by atoms with E-state index < -0.39 is 68.9 Å². The van der Waals surface area contributed by atoms with E-state index in [1.54, 1.807) is 6.07 Å². The third-order valence-corrected chi connectivity index (χ3v) is 8.41. The molecule has 37 heavy (non-hydrogen) atoms. The van der Waals surface area contributed by atoms with Gasteiger partial charge in [-0.2, -0.15) is 26.3 Å². The molecule has 0 amide bonds. The van der Waals surface area contributed by atoms with Crippen molar-refractivity contribution in [2.24, 2.45) is 4.40 Å². The number of alkyl halides is 6. The molecule has 2 aromatic carbocycles. The first-order valence-electron chi connectivity index (χ1n) is 10.8. The summed E-state index contributed by atoms with van der Waals surface area (Å²) in [4.78, 5) is 12.5. The van der Waals surface area contributed by atoms with Crippen LogP contribution in [0.1, 0.15) is 41.2 Å². The molecule has 0 unspecified atom stereocenters. The molecule has 0 aromatic heterocycles. The minimum absolute atomic E-state index is 0.0172. The van der Waals surface area contributed by atoms with Gasteiger partial charge in [-0.15, -0.1) is 0 Å². The number of ketones is 1. The lowest BCUT2D eigenvalue weighted by molar-refractivity contribution is -0.170. The van der Waals surface area contributed by atoms with Gasteiger partial charge < -0.3 is 10.1 Å². The Labute approximate surface area is 219 Å². The molecule has 2 atom stereocenters. The molecule has 1 fully saturated rings. The van der Waals surface area contributed by atoms with Crippen molar-refractivity contribution in [2.45, 2.75) is 41.6 Å². The lowest BCUT2D eigenvalue weighted by Gasteiger charge is -2.39. The SMILES string of the molecule is O=C(CC(F)(F)F)[C@H]1OC2(CNC2)c2ccc(C3=NS[C@@](c4cc(Cl)c(F)c(Cl)c4)(C(F)(F)F)C3)cc21. The fourth-order valence-electron chi connectivity index (χ4n) is 4.73. The minimum Gasteiger partial charge on any atom is -0.352 e. The second-order valence-corrected chi connectivity index (χ2v) is 10.9. The van der Waals surface area contributed by atoms with Gasteiger partial charge in [0.2, 0.25) is 0 Å². The topological polar surface area (TPSA) is 50.7 Å². The zero-order valence-corrected chi connectivity index (χ0v) is 20.7. The highest BCUT2D eigenvalue weighted by atomic mass is 35.5. The lowest BCUT2D eigenvalue weighted by atomic mass is 9.84. The quantitative estimate of drug-likeness (QED) is 0.242. The van der Waals surface area contributed by atoms with Gasteiger partial charge in [0.1, 0.15) is 18.1 Å². The number of nitrogens with one attached hydrogen (secondary N) is 1. The van der Waals surface area contributed by atoms with Crippen molar-refractivity contribution < 1.29 is 40.3 Å². The number of fused-ring (bicyclic) bond motifs is 2. The van der Waals surface area contributed by atoms with Crippen molar-refractivity contribution in [3.63, 3.8) is 0 Å². The van der Waals surface area contributed by atoms with Crippen LogP contribution in [0.2, 0.25) is 10.0 Å². The van der Waals surface area contributed by atoms with E-state index in [2.05, 4.69) is 9.71 Å². The second kappa shape index (κ2) is 8.84. The van der Waals surface area contributed by atoms with Gasteiger partial charge in [0, 0.05) is 19.5 Å². The van der Waals surface area contributed by atoms with E-state index in [4.69, 9.17) is 27.9 Å².